The van der Waals surface area contributed by atoms with E-state index in [1.807, 2.05) is 13.8 Å². The topological polar surface area (TPSA) is 105 Å². The Hall–Kier alpha value is -1.09. The second-order valence-corrected chi connectivity index (χ2v) is 11.1. The van der Waals surface area contributed by atoms with Crippen LogP contribution in [0.4, 0.5) is 0 Å². The molecule has 0 saturated carbocycles. The minimum atomic E-state index is -3.89. The molecule has 0 bridgehead atoms. The number of ether oxygens (including phenoxy) is 2. The molecule has 0 amide bonds. The molecule has 0 aliphatic rings. The van der Waals surface area contributed by atoms with Gasteiger partial charge in [-0.05, 0) is 0 Å². The number of ketones is 2. The Bertz CT molecular complexity index is 448. The van der Waals surface area contributed by atoms with Gasteiger partial charge < -0.3 is 0 Å². The van der Waals surface area contributed by atoms with Crippen molar-refractivity contribution in [3.63, 3.8) is 0 Å². The molecule has 0 atom stereocenters. The summed E-state index contributed by atoms with van der Waals surface area (Å²) in [5.41, 5.74) is 0. The first-order valence-corrected chi connectivity index (χ1v) is 12.8. The number of hydrogen-bond donors (Lipinski definition) is 0. The average Bonchev–Trinajstić information content (AvgIpc) is 2.61. The molecular weight excluding hydrogens is 392 g/mol. The van der Waals surface area contributed by atoms with Crippen LogP contribution in [-0.4, -0.2) is 50.9 Å². The molecule has 0 aliphatic carbocycles. The normalized spacial score (nSPS) is 11.1. The Balaban J connectivity index is 5.34. The predicted octanol–water partition coefficient (Wildman–Crippen LogP) is 2.70. The molecule has 0 aromatic rings. The molecule has 0 aromatic heterocycles. The van der Waals surface area contributed by atoms with Gasteiger partial charge >= 0.3 is 165 Å². The van der Waals surface area contributed by atoms with Gasteiger partial charge in [-0.15, -0.1) is 0 Å². The van der Waals surface area contributed by atoms with Gasteiger partial charge in [0.2, 0.25) is 0 Å². The zero-order chi connectivity index (χ0) is 20.7. The van der Waals surface area contributed by atoms with Gasteiger partial charge in [-0.1, -0.05) is 0 Å². The van der Waals surface area contributed by atoms with Gasteiger partial charge in [0.1, 0.15) is 0 Å². The van der Waals surface area contributed by atoms with E-state index in [0.717, 1.165) is 25.7 Å². The molecule has 0 aromatic carbocycles. The van der Waals surface area contributed by atoms with Gasteiger partial charge in [0.15, 0.2) is 0 Å². The van der Waals surface area contributed by atoms with Crippen molar-refractivity contribution >= 4 is 23.5 Å². The van der Waals surface area contributed by atoms with E-state index in [4.69, 9.17) is 6.64 Å². The predicted molar refractivity (Wildman–Crippen MR) is 94.6 cm³/mol. The first kappa shape index (κ1) is 25.9. The molecule has 0 spiro atoms. The SMILES string of the molecule is CCCC[O][Ti]([CH2]C(=O)CC(=O)OC)([CH2]C(=O)CC(=O)OC)[O]CCCC. The third-order valence-electron chi connectivity index (χ3n) is 3.80. The van der Waals surface area contributed by atoms with Gasteiger partial charge in [0, 0.05) is 0 Å². The van der Waals surface area contributed by atoms with Crippen LogP contribution in [0.25, 0.3) is 0 Å². The van der Waals surface area contributed by atoms with E-state index in [-0.39, 0.29) is 33.9 Å². The van der Waals surface area contributed by atoms with E-state index in [2.05, 4.69) is 9.47 Å². The van der Waals surface area contributed by atoms with E-state index in [1.165, 1.54) is 14.2 Å². The molecule has 0 N–H and O–H groups in total. The van der Waals surface area contributed by atoms with Crippen molar-refractivity contribution in [2.75, 3.05) is 27.4 Å². The van der Waals surface area contributed by atoms with Crippen molar-refractivity contribution in [3.8, 4) is 0 Å². The number of carbonyl (C=O) groups excluding carboxylic acids is 4. The van der Waals surface area contributed by atoms with Crippen molar-refractivity contribution in [1.29, 1.82) is 0 Å². The number of rotatable bonds is 16. The number of hydrogen-bond acceptors (Lipinski definition) is 8. The fourth-order valence-corrected chi connectivity index (χ4v) is 7.15. The molecule has 0 aliphatic heterocycles. The fraction of sp³-hybridized carbons (Fsp3) is 0.778. The van der Waals surface area contributed by atoms with Gasteiger partial charge in [-0.2, -0.15) is 0 Å². The third-order valence-corrected chi connectivity index (χ3v) is 8.99. The number of carbonyl (C=O) groups is 4. The van der Waals surface area contributed by atoms with Gasteiger partial charge in [-0.25, -0.2) is 0 Å². The van der Waals surface area contributed by atoms with Gasteiger partial charge in [0.25, 0.3) is 0 Å². The van der Waals surface area contributed by atoms with Crippen LogP contribution in [-0.2, 0) is 52.7 Å². The molecule has 0 radical (unpaired) electrons. The molecule has 0 unspecified atom stereocenters. The maximum atomic E-state index is 12.3. The van der Waals surface area contributed by atoms with E-state index in [0.29, 0.717) is 13.2 Å². The quantitative estimate of drug-likeness (QED) is 0.161. The summed E-state index contributed by atoms with van der Waals surface area (Å²) >= 11 is -3.89. The number of methoxy groups -OCH3 is 2. The summed E-state index contributed by atoms with van der Waals surface area (Å²) in [6.07, 6.45) is 2.53. The van der Waals surface area contributed by atoms with Crippen molar-refractivity contribution in [2.24, 2.45) is 0 Å². The minimum absolute atomic E-state index is 0.0879. The van der Waals surface area contributed by atoms with E-state index in [9.17, 15) is 19.2 Å². The Kier molecular flexibility index (Phi) is 14.3. The van der Waals surface area contributed by atoms with Gasteiger partial charge in [0.05, 0.1) is 0 Å². The summed E-state index contributed by atoms with van der Waals surface area (Å²) in [5.74, 6) is -2.03. The van der Waals surface area contributed by atoms with Crippen LogP contribution in [0, 0.1) is 0 Å². The molecule has 27 heavy (non-hydrogen) atoms. The maximum absolute atomic E-state index is 12.3. The second-order valence-electron chi connectivity index (χ2n) is 6.25. The summed E-state index contributed by atoms with van der Waals surface area (Å²) in [4.78, 5) is 47.5. The fourth-order valence-electron chi connectivity index (χ4n) is 2.31. The van der Waals surface area contributed by atoms with Crippen LogP contribution in [0.2, 0.25) is 9.45 Å². The first-order valence-electron chi connectivity index (χ1n) is 9.27. The standard InChI is InChI=1S/2C5H7O3.2C4H9O.Ti/c2*1-4(6)3-5(7)8-2;2*1-2-3-4-5;/h2*1,3H2,2H3;2*2-4H2,1H3;/q;;2*-1;+2. The third kappa shape index (κ3) is 12.1. The Morgan fingerprint density at radius 1 is 0.704 bits per heavy atom. The van der Waals surface area contributed by atoms with E-state index in [1.54, 1.807) is 0 Å². The van der Waals surface area contributed by atoms with Crippen molar-refractivity contribution in [2.45, 2.75) is 61.8 Å². The molecule has 9 heteroatoms. The number of Topliss-reactive ketones (excluding diaryl/α,β-unsaturated/α-hetero) is 2. The second kappa shape index (κ2) is 14.9. The van der Waals surface area contributed by atoms with Gasteiger partial charge in [-0.3, -0.25) is 0 Å². The molecule has 0 fully saturated rings. The van der Waals surface area contributed by atoms with Crippen LogP contribution >= 0.6 is 0 Å². The molecule has 0 saturated heterocycles. The van der Waals surface area contributed by atoms with Crippen molar-refractivity contribution in [3.05, 3.63) is 0 Å². The Morgan fingerprint density at radius 3 is 1.37 bits per heavy atom. The average molecular weight is 424 g/mol. The Morgan fingerprint density at radius 2 is 1.07 bits per heavy atom. The number of esters is 2. The Labute approximate surface area is 165 Å². The van der Waals surface area contributed by atoms with E-state index >= 15 is 0 Å². The summed E-state index contributed by atoms with van der Waals surface area (Å²) in [6.45, 7) is 4.75. The molecular formula is C18H32O8Ti. The summed E-state index contributed by atoms with van der Waals surface area (Å²) in [5, 5.41) is 0. The molecule has 8 nitrogen and oxygen atoms in total. The van der Waals surface area contributed by atoms with Crippen LogP contribution in [0.15, 0.2) is 0 Å². The monoisotopic (exact) mass is 424 g/mol. The van der Waals surface area contributed by atoms with Crippen molar-refractivity contribution < 1.29 is 52.7 Å². The number of unbranched alkanes of at least 4 members (excludes halogenated alkanes) is 2. The van der Waals surface area contributed by atoms with Crippen LogP contribution in [0.3, 0.4) is 0 Å². The summed E-state index contributed by atoms with van der Waals surface area (Å²) in [6, 6.07) is 0. The van der Waals surface area contributed by atoms with Crippen LogP contribution in [0.1, 0.15) is 52.4 Å². The zero-order valence-corrected chi connectivity index (χ0v) is 18.4. The van der Waals surface area contributed by atoms with Crippen LogP contribution in [0.5, 0.6) is 0 Å². The molecule has 0 rings (SSSR count). The first-order chi connectivity index (χ1) is 12.8. The summed E-state index contributed by atoms with van der Waals surface area (Å²) in [7, 11) is 2.42. The van der Waals surface area contributed by atoms with Crippen LogP contribution < -0.4 is 0 Å². The zero-order valence-electron chi connectivity index (χ0n) is 16.8. The molecule has 156 valence electrons. The van der Waals surface area contributed by atoms with E-state index < -0.39 is 29.3 Å². The summed E-state index contributed by atoms with van der Waals surface area (Å²) < 4.78 is 20.9. The van der Waals surface area contributed by atoms with Crippen molar-refractivity contribution in [1.82, 2.24) is 0 Å². The molecule has 0 heterocycles.